The molecule has 0 heterocycles. The Hall–Kier alpha value is -0.836. The molecule has 1 atom stereocenters. The topological polar surface area (TPSA) is 0 Å². The summed E-state index contributed by atoms with van der Waals surface area (Å²) in [6.45, 7) is 7.93. The minimum atomic E-state index is -1.63. The molecule has 1 unspecified atom stereocenters. The van der Waals surface area contributed by atoms with Crippen LogP contribution in [0.2, 0.25) is 26.2 Å². The van der Waals surface area contributed by atoms with Gasteiger partial charge >= 0.3 is 0 Å². The Balaban J connectivity index is 2.17. The van der Waals surface area contributed by atoms with Crippen molar-refractivity contribution in [3.8, 4) is 0 Å². The average molecular weight is 317 g/mol. The second kappa shape index (κ2) is 4.58. The number of benzene rings is 2. The van der Waals surface area contributed by atoms with E-state index in [-0.39, 0.29) is 0 Å². The lowest BCUT2D eigenvalue weighted by Gasteiger charge is -2.38. The Morgan fingerprint density at radius 1 is 0.950 bits per heavy atom. The maximum Gasteiger partial charge on any atom is 0.141 e. The van der Waals surface area contributed by atoms with E-state index in [9.17, 15) is 0 Å². The first-order valence-electron chi connectivity index (χ1n) is 7.21. The van der Waals surface area contributed by atoms with E-state index >= 15 is 0 Å². The lowest BCUT2D eigenvalue weighted by molar-refractivity contribution is 1.19. The first kappa shape index (κ1) is 14.1. The summed E-state index contributed by atoms with van der Waals surface area (Å²) in [5.74, 6) is 0. The zero-order chi connectivity index (χ0) is 14.5. The number of fused-ring (bicyclic) bond motifs is 3. The van der Waals surface area contributed by atoms with Gasteiger partial charge < -0.3 is 0 Å². The molecule has 2 aromatic rings. The third-order valence-corrected chi connectivity index (χ3v) is 24.7. The largest absolute Gasteiger partial charge is 0.171 e. The number of rotatable bonds is 2. The number of allylic oxidation sites excluding steroid dienone is 1. The van der Waals surface area contributed by atoms with E-state index in [2.05, 4.69) is 74.7 Å². The molecule has 3 heteroatoms. The molecule has 0 aliphatic heterocycles. The van der Waals surface area contributed by atoms with Crippen molar-refractivity contribution in [2.24, 2.45) is 0 Å². The van der Waals surface area contributed by atoms with Gasteiger partial charge in [0.05, 0.1) is 7.59 Å². The third kappa shape index (κ3) is 2.02. The molecule has 104 valence electrons. The fourth-order valence-corrected chi connectivity index (χ4v) is 9.44. The second-order valence-corrected chi connectivity index (χ2v) is 25.2. The molecule has 1 aliphatic rings. The van der Waals surface area contributed by atoms with Gasteiger partial charge in [-0.25, -0.2) is 0 Å². The van der Waals surface area contributed by atoms with Gasteiger partial charge in [0.15, 0.2) is 0 Å². The summed E-state index contributed by atoms with van der Waals surface area (Å²) in [7, 11) is -1.49. The normalized spacial score (nSPS) is 18.6. The molecule has 0 fully saturated rings. The highest BCUT2D eigenvalue weighted by Gasteiger charge is 2.47. The van der Waals surface area contributed by atoms with Crippen LogP contribution in [-0.4, -0.2) is 14.5 Å². The van der Waals surface area contributed by atoms with Crippen LogP contribution in [0.25, 0.3) is 16.8 Å². The standard InChI is InChI=1S/C17H21ClSi2/c1-19(2,20(3,4)18)17-12-11-15-14-8-6-5-7-13(14)9-10-16(15)17/h5-12,17H,1-4H3. The molecule has 0 radical (unpaired) electrons. The number of hydrogen-bond acceptors (Lipinski definition) is 0. The zero-order valence-electron chi connectivity index (χ0n) is 12.6. The molecule has 1 aliphatic carbocycles. The summed E-state index contributed by atoms with van der Waals surface area (Å²) in [6, 6.07) is 13.3. The smallest absolute Gasteiger partial charge is 0.141 e. The quantitative estimate of drug-likeness (QED) is 0.491. The van der Waals surface area contributed by atoms with Crippen LogP contribution in [0.5, 0.6) is 0 Å². The van der Waals surface area contributed by atoms with Gasteiger partial charge in [-0.15, -0.1) is 0 Å². The summed E-state index contributed by atoms with van der Waals surface area (Å²) >= 11 is 6.86. The molecular formula is C17H21ClSi2. The summed E-state index contributed by atoms with van der Waals surface area (Å²) in [5.41, 5.74) is 3.49. The highest BCUT2D eigenvalue weighted by atomic mass is 35.6. The lowest BCUT2D eigenvalue weighted by Crippen LogP contribution is -2.54. The van der Waals surface area contributed by atoms with Crippen molar-refractivity contribution in [1.29, 1.82) is 0 Å². The van der Waals surface area contributed by atoms with Gasteiger partial charge in [0.1, 0.15) is 6.90 Å². The van der Waals surface area contributed by atoms with Gasteiger partial charge in [0, 0.05) is 0 Å². The fraction of sp³-hybridized carbons (Fsp3) is 0.294. The van der Waals surface area contributed by atoms with Crippen molar-refractivity contribution in [3.05, 3.63) is 53.6 Å². The first-order chi connectivity index (χ1) is 9.32. The van der Waals surface area contributed by atoms with E-state index in [1.165, 1.54) is 21.9 Å². The van der Waals surface area contributed by atoms with Crippen LogP contribution in [0.1, 0.15) is 16.7 Å². The predicted molar refractivity (Wildman–Crippen MR) is 96.5 cm³/mol. The molecule has 0 spiro atoms. The van der Waals surface area contributed by atoms with E-state index in [4.69, 9.17) is 11.1 Å². The summed E-state index contributed by atoms with van der Waals surface area (Å²) in [4.78, 5) is 0. The third-order valence-electron chi connectivity index (χ3n) is 5.10. The highest BCUT2D eigenvalue weighted by Crippen LogP contribution is 2.44. The summed E-state index contributed by atoms with van der Waals surface area (Å²) in [5, 5.41) is 2.71. The lowest BCUT2D eigenvalue weighted by atomic mass is 10.0. The maximum absolute atomic E-state index is 6.86. The minimum absolute atomic E-state index is 0.571. The average Bonchev–Trinajstić information content (AvgIpc) is 2.82. The molecule has 20 heavy (non-hydrogen) atoms. The van der Waals surface area contributed by atoms with Crippen molar-refractivity contribution < 1.29 is 0 Å². The highest BCUT2D eigenvalue weighted by molar-refractivity contribution is 7.58. The molecule has 0 bridgehead atoms. The Bertz CT molecular complexity index is 696. The minimum Gasteiger partial charge on any atom is -0.171 e. The second-order valence-electron chi connectivity index (χ2n) is 6.82. The molecule has 3 rings (SSSR count). The molecule has 2 aromatic carbocycles. The van der Waals surface area contributed by atoms with Gasteiger partial charge in [-0.3, -0.25) is 0 Å². The van der Waals surface area contributed by atoms with Crippen LogP contribution in [0.15, 0.2) is 42.5 Å². The van der Waals surface area contributed by atoms with E-state index in [0.717, 1.165) is 0 Å². The van der Waals surface area contributed by atoms with E-state index < -0.39 is 14.5 Å². The predicted octanol–water partition coefficient (Wildman–Crippen LogP) is 5.72. The summed E-state index contributed by atoms with van der Waals surface area (Å²) in [6.07, 6.45) is 4.74. The fourth-order valence-electron chi connectivity index (χ4n) is 3.06. The van der Waals surface area contributed by atoms with Gasteiger partial charge in [0.2, 0.25) is 0 Å². The maximum atomic E-state index is 6.86. The van der Waals surface area contributed by atoms with Crippen molar-refractivity contribution in [2.75, 3.05) is 0 Å². The van der Waals surface area contributed by atoms with Crippen molar-refractivity contribution in [2.45, 2.75) is 31.7 Å². The van der Waals surface area contributed by atoms with Crippen LogP contribution in [0, 0.1) is 0 Å². The molecule has 0 amide bonds. The molecule has 0 nitrogen and oxygen atoms in total. The summed E-state index contributed by atoms with van der Waals surface area (Å²) < 4.78 is 0. The van der Waals surface area contributed by atoms with Crippen LogP contribution in [-0.2, 0) is 0 Å². The molecular weight excluding hydrogens is 296 g/mol. The van der Waals surface area contributed by atoms with Crippen LogP contribution in [0.4, 0.5) is 0 Å². The monoisotopic (exact) mass is 316 g/mol. The van der Waals surface area contributed by atoms with Crippen molar-refractivity contribution in [1.82, 2.24) is 0 Å². The Kier molecular flexibility index (Phi) is 3.24. The molecule has 0 saturated carbocycles. The van der Waals surface area contributed by atoms with Crippen LogP contribution >= 0.6 is 11.1 Å². The van der Waals surface area contributed by atoms with E-state index in [1.807, 2.05) is 0 Å². The van der Waals surface area contributed by atoms with Crippen LogP contribution < -0.4 is 0 Å². The number of halogens is 1. The number of hydrogen-bond donors (Lipinski definition) is 0. The van der Waals surface area contributed by atoms with Crippen LogP contribution in [0.3, 0.4) is 0 Å². The Morgan fingerprint density at radius 2 is 1.65 bits per heavy atom. The molecule has 0 aromatic heterocycles. The first-order valence-corrected chi connectivity index (χ1v) is 15.3. The van der Waals surface area contributed by atoms with Crippen molar-refractivity contribution in [3.63, 3.8) is 0 Å². The van der Waals surface area contributed by atoms with Crippen molar-refractivity contribution >= 4 is 42.4 Å². The van der Waals surface area contributed by atoms with E-state index in [0.29, 0.717) is 5.54 Å². The van der Waals surface area contributed by atoms with Gasteiger partial charge in [-0.2, -0.15) is 11.1 Å². The van der Waals surface area contributed by atoms with E-state index in [1.54, 1.807) is 0 Å². The molecule has 0 saturated heterocycles. The van der Waals surface area contributed by atoms with Gasteiger partial charge in [-0.1, -0.05) is 74.7 Å². The van der Waals surface area contributed by atoms with Gasteiger partial charge in [0.25, 0.3) is 0 Å². The molecule has 0 N–H and O–H groups in total. The Labute approximate surface area is 128 Å². The van der Waals surface area contributed by atoms with Gasteiger partial charge in [-0.05, 0) is 27.4 Å². The zero-order valence-corrected chi connectivity index (χ0v) is 15.3. The SMILES string of the molecule is C[Si](C)(Cl)[Si](C)(C)C1C=Cc2c1ccc1ccccc21. The Morgan fingerprint density at radius 3 is 2.35 bits per heavy atom.